The van der Waals surface area contributed by atoms with E-state index in [0.717, 1.165) is 31.8 Å². The van der Waals surface area contributed by atoms with Crippen LogP contribution in [0.15, 0.2) is 42.5 Å². The van der Waals surface area contributed by atoms with Gasteiger partial charge in [-0.15, -0.1) is 0 Å². The Morgan fingerprint density at radius 1 is 1.09 bits per heavy atom. The van der Waals surface area contributed by atoms with E-state index >= 15 is 0 Å². The van der Waals surface area contributed by atoms with Crippen molar-refractivity contribution in [1.29, 1.82) is 0 Å². The number of hydrogen-bond donors (Lipinski definition) is 1. The molecular weight excluding hydrogens is 408 g/mol. The van der Waals surface area contributed by atoms with Crippen LogP contribution < -0.4 is 10.5 Å². The van der Waals surface area contributed by atoms with Gasteiger partial charge < -0.3 is 20.1 Å². The molecule has 0 bridgehead atoms. The first kappa shape index (κ1) is 24.3. The third-order valence-electron chi connectivity index (χ3n) is 7.55. The van der Waals surface area contributed by atoms with Gasteiger partial charge in [0.1, 0.15) is 5.75 Å². The second-order valence-electron chi connectivity index (χ2n) is 10.2. The third kappa shape index (κ3) is 5.62. The molecule has 2 aromatic carbocycles. The third-order valence-corrected chi connectivity index (χ3v) is 7.55. The van der Waals surface area contributed by atoms with Gasteiger partial charge in [-0.2, -0.15) is 0 Å². The van der Waals surface area contributed by atoms with E-state index in [9.17, 15) is 0 Å². The van der Waals surface area contributed by atoms with Gasteiger partial charge in [0.25, 0.3) is 0 Å². The first-order valence-electron chi connectivity index (χ1n) is 12.9. The van der Waals surface area contributed by atoms with E-state index < -0.39 is 0 Å². The van der Waals surface area contributed by atoms with Crippen LogP contribution in [0.5, 0.6) is 5.75 Å². The highest BCUT2D eigenvalue weighted by Gasteiger charge is 2.36. The Morgan fingerprint density at radius 3 is 2.45 bits per heavy atom. The molecule has 2 N–H and O–H groups in total. The summed E-state index contributed by atoms with van der Waals surface area (Å²) in [7, 11) is 0. The SMILES string of the molecule is CCC(CN1CCC([C@@H]2Cc3c(ccc(C)c3OC(C)C)[C@H](CN)O2)CC1)c1ccccc1. The smallest absolute Gasteiger partial charge is 0.126 e. The van der Waals surface area contributed by atoms with Gasteiger partial charge in [0.15, 0.2) is 0 Å². The highest BCUT2D eigenvalue weighted by atomic mass is 16.5. The zero-order valence-electron chi connectivity index (χ0n) is 20.9. The molecule has 2 heterocycles. The Kier molecular flexibility index (Phi) is 8.11. The number of hydrogen-bond acceptors (Lipinski definition) is 4. The lowest BCUT2D eigenvalue weighted by molar-refractivity contribution is -0.0651. The molecule has 33 heavy (non-hydrogen) atoms. The van der Waals surface area contributed by atoms with Gasteiger partial charge in [0, 0.05) is 25.1 Å². The quantitative estimate of drug-likeness (QED) is 0.566. The molecule has 0 amide bonds. The van der Waals surface area contributed by atoms with Gasteiger partial charge in [0.2, 0.25) is 0 Å². The fourth-order valence-corrected chi connectivity index (χ4v) is 5.68. The minimum absolute atomic E-state index is 0.0329. The molecule has 2 aromatic rings. The topological polar surface area (TPSA) is 47.7 Å². The van der Waals surface area contributed by atoms with E-state index in [4.69, 9.17) is 15.2 Å². The molecule has 1 saturated heterocycles. The number of rotatable bonds is 8. The van der Waals surface area contributed by atoms with Crippen LogP contribution in [0.25, 0.3) is 0 Å². The van der Waals surface area contributed by atoms with Crippen molar-refractivity contribution in [2.45, 2.75) is 77.6 Å². The fraction of sp³-hybridized carbons (Fsp3) is 0.586. The molecule has 0 radical (unpaired) electrons. The molecule has 0 saturated carbocycles. The summed E-state index contributed by atoms with van der Waals surface area (Å²) in [6, 6.07) is 15.3. The highest BCUT2D eigenvalue weighted by molar-refractivity contribution is 5.48. The van der Waals surface area contributed by atoms with Crippen LogP contribution in [-0.4, -0.2) is 43.3 Å². The zero-order valence-corrected chi connectivity index (χ0v) is 20.9. The highest BCUT2D eigenvalue weighted by Crippen LogP contribution is 2.41. The summed E-state index contributed by atoms with van der Waals surface area (Å²) >= 11 is 0. The average molecular weight is 451 g/mol. The Bertz CT molecular complexity index is 890. The molecule has 4 nitrogen and oxygen atoms in total. The van der Waals surface area contributed by atoms with Crippen molar-refractivity contribution in [1.82, 2.24) is 4.90 Å². The summed E-state index contributed by atoms with van der Waals surface area (Å²) in [5.74, 6) is 2.24. The first-order valence-corrected chi connectivity index (χ1v) is 12.9. The molecule has 1 unspecified atom stereocenters. The lowest BCUT2D eigenvalue weighted by Gasteiger charge is -2.41. The van der Waals surface area contributed by atoms with Gasteiger partial charge in [-0.25, -0.2) is 0 Å². The normalized spacial score (nSPS) is 22.8. The molecule has 2 aliphatic rings. The van der Waals surface area contributed by atoms with Gasteiger partial charge in [-0.3, -0.25) is 0 Å². The number of benzene rings is 2. The molecule has 1 fully saturated rings. The summed E-state index contributed by atoms with van der Waals surface area (Å²) in [5.41, 5.74) is 11.4. The number of nitrogens with zero attached hydrogens (tertiary/aromatic N) is 1. The maximum atomic E-state index is 6.61. The van der Waals surface area contributed by atoms with Gasteiger partial charge in [-0.1, -0.05) is 49.4 Å². The van der Waals surface area contributed by atoms with E-state index in [1.165, 1.54) is 41.5 Å². The largest absolute Gasteiger partial charge is 0.490 e. The van der Waals surface area contributed by atoms with Crippen LogP contribution in [-0.2, 0) is 11.2 Å². The minimum atomic E-state index is -0.0329. The Labute approximate surface area is 200 Å². The first-order chi connectivity index (χ1) is 16.0. The molecule has 0 spiro atoms. The maximum Gasteiger partial charge on any atom is 0.126 e. The van der Waals surface area contributed by atoms with E-state index in [0.29, 0.717) is 18.4 Å². The number of likely N-dealkylation sites (tertiary alicyclic amines) is 1. The molecule has 0 aliphatic carbocycles. The predicted octanol–water partition coefficient (Wildman–Crippen LogP) is 5.63. The van der Waals surface area contributed by atoms with Gasteiger partial charge in [0.05, 0.1) is 18.3 Å². The molecular formula is C29H42N2O2. The molecule has 4 heteroatoms. The Hall–Kier alpha value is -1.88. The molecule has 180 valence electrons. The summed E-state index contributed by atoms with van der Waals surface area (Å²) in [5, 5.41) is 0. The van der Waals surface area contributed by atoms with E-state index in [2.05, 4.69) is 75.1 Å². The predicted molar refractivity (Wildman–Crippen MR) is 136 cm³/mol. The lowest BCUT2D eigenvalue weighted by atomic mass is 9.82. The van der Waals surface area contributed by atoms with Crippen molar-refractivity contribution in [3.8, 4) is 5.75 Å². The van der Waals surface area contributed by atoms with Crippen LogP contribution in [0.1, 0.15) is 74.3 Å². The van der Waals surface area contributed by atoms with Crippen LogP contribution in [0.3, 0.4) is 0 Å². The summed E-state index contributed by atoms with van der Waals surface area (Å²) in [6.45, 7) is 12.6. The molecule has 2 aliphatic heterocycles. The Balaban J connectivity index is 1.43. The van der Waals surface area contributed by atoms with Crippen molar-refractivity contribution >= 4 is 0 Å². The minimum Gasteiger partial charge on any atom is -0.490 e. The maximum absolute atomic E-state index is 6.61. The fourth-order valence-electron chi connectivity index (χ4n) is 5.68. The van der Waals surface area contributed by atoms with Crippen molar-refractivity contribution in [3.63, 3.8) is 0 Å². The van der Waals surface area contributed by atoms with Crippen molar-refractivity contribution < 1.29 is 9.47 Å². The number of piperidine rings is 1. The lowest BCUT2D eigenvalue weighted by Crippen LogP contribution is -2.43. The van der Waals surface area contributed by atoms with Crippen LogP contribution >= 0.6 is 0 Å². The van der Waals surface area contributed by atoms with Crippen molar-refractivity contribution in [2.75, 3.05) is 26.2 Å². The van der Waals surface area contributed by atoms with E-state index in [1.807, 2.05) is 0 Å². The van der Waals surface area contributed by atoms with Crippen LogP contribution in [0.2, 0.25) is 0 Å². The number of ether oxygens (including phenoxy) is 2. The second-order valence-corrected chi connectivity index (χ2v) is 10.2. The number of fused-ring (bicyclic) bond motifs is 1. The molecule has 3 atom stereocenters. The number of nitrogens with two attached hydrogens (primary N) is 1. The zero-order chi connectivity index (χ0) is 23.4. The Morgan fingerprint density at radius 2 is 1.82 bits per heavy atom. The summed E-state index contributed by atoms with van der Waals surface area (Å²) in [6.07, 6.45) is 4.84. The number of aryl methyl sites for hydroxylation is 1. The van der Waals surface area contributed by atoms with Crippen LogP contribution in [0.4, 0.5) is 0 Å². The van der Waals surface area contributed by atoms with Crippen LogP contribution in [0, 0.1) is 12.8 Å². The molecule has 0 aromatic heterocycles. The summed E-state index contributed by atoms with van der Waals surface area (Å²) in [4.78, 5) is 2.66. The average Bonchev–Trinajstić information content (AvgIpc) is 2.84. The summed E-state index contributed by atoms with van der Waals surface area (Å²) < 4.78 is 12.9. The van der Waals surface area contributed by atoms with Crippen molar-refractivity contribution in [2.24, 2.45) is 11.7 Å². The van der Waals surface area contributed by atoms with Gasteiger partial charge >= 0.3 is 0 Å². The second kappa shape index (κ2) is 11.0. The van der Waals surface area contributed by atoms with E-state index in [1.54, 1.807) is 0 Å². The monoisotopic (exact) mass is 450 g/mol. The van der Waals surface area contributed by atoms with Gasteiger partial charge in [-0.05, 0) is 81.6 Å². The van der Waals surface area contributed by atoms with Crippen molar-refractivity contribution in [3.05, 3.63) is 64.7 Å². The van der Waals surface area contributed by atoms with E-state index in [-0.39, 0.29) is 18.3 Å². The standard InChI is InChI=1S/C29H42N2O2/c1-5-22(23-9-7-6-8-10-23)19-31-15-13-24(14-16-31)27-17-26-25(28(18-30)33-27)12-11-21(4)29(26)32-20(2)3/h6-12,20,22,24,27-28H,5,13-19,30H2,1-4H3/t22?,27-,28-/m0/s1. The molecule has 4 rings (SSSR count).